The fraction of sp³-hybridized carbons (Fsp3) is 0.625. The first-order valence-electron chi connectivity index (χ1n) is 13.0. The summed E-state index contributed by atoms with van der Waals surface area (Å²) in [5.41, 5.74) is 7.98. The number of morpholine rings is 1. The molecule has 5 aliphatic heterocycles. The van der Waals surface area contributed by atoms with Crippen LogP contribution in [0.15, 0.2) is 44.4 Å². The first-order valence-corrected chi connectivity index (χ1v) is 13.0. The molecule has 0 aliphatic carbocycles. The van der Waals surface area contributed by atoms with Crippen molar-refractivity contribution in [2.75, 3.05) is 78.4 Å². The number of urea groups is 1. The number of rotatable bonds is 3. The number of amides is 2. The van der Waals surface area contributed by atoms with E-state index in [2.05, 4.69) is 37.0 Å². The second-order valence-corrected chi connectivity index (χ2v) is 10.1. The second-order valence-electron chi connectivity index (χ2n) is 10.1. The van der Waals surface area contributed by atoms with Crippen molar-refractivity contribution < 1.29 is 9.53 Å². The lowest BCUT2D eigenvalue weighted by atomic mass is 9.86. The number of aromatic nitrogens is 2. The van der Waals surface area contributed by atoms with Crippen molar-refractivity contribution in [3.8, 4) is 0 Å². The van der Waals surface area contributed by atoms with E-state index >= 15 is 0 Å². The van der Waals surface area contributed by atoms with Crippen molar-refractivity contribution in [3.05, 3.63) is 29.7 Å². The molecule has 196 valence electrons. The number of hydrogen-bond acceptors (Lipinski definition) is 11. The number of fused-ring (bicyclic) bond motifs is 1. The van der Waals surface area contributed by atoms with Crippen LogP contribution >= 0.6 is 0 Å². The highest BCUT2D eigenvalue weighted by Crippen LogP contribution is 2.41. The first-order chi connectivity index (χ1) is 18.0. The van der Waals surface area contributed by atoms with Crippen molar-refractivity contribution in [1.82, 2.24) is 29.6 Å². The number of piperidine rings is 1. The molecule has 0 aromatic carbocycles. The van der Waals surface area contributed by atoms with Gasteiger partial charge in [0.1, 0.15) is 0 Å². The highest BCUT2D eigenvalue weighted by atomic mass is 16.5. The van der Waals surface area contributed by atoms with Crippen LogP contribution in [0.2, 0.25) is 0 Å². The summed E-state index contributed by atoms with van der Waals surface area (Å²) in [6.07, 6.45) is 6.64. The smallest absolute Gasteiger partial charge is 0.320 e. The Kier molecular flexibility index (Phi) is 6.42. The quantitative estimate of drug-likeness (QED) is 0.634. The van der Waals surface area contributed by atoms with E-state index in [1.54, 1.807) is 18.6 Å². The monoisotopic (exact) mass is 507 g/mol. The van der Waals surface area contributed by atoms with Crippen LogP contribution in [-0.2, 0) is 4.74 Å². The fourth-order valence-electron chi connectivity index (χ4n) is 5.72. The molecule has 0 bridgehead atoms. The van der Waals surface area contributed by atoms with Gasteiger partial charge in [0.05, 0.1) is 30.7 Å². The summed E-state index contributed by atoms with van der Waals surface area (Å²) in [6.45, 7) is 7.38. The summed E-state index contributed by atoms with van der Waals surface area (Å²) in [5.74, 6) is 0.0149. The highest BCUT2D eigenvalue weighted by molar-refractivity contribution is 6.31. The minimum absolute atomic E-state index is 0.0942. The molecule has 2 amide bonds. The number of nitrogens with two attached hydrogens (primary N) is 1. The van der Waals surface area contributed by atoms with Crippen molar-refractivity contribution in [1.29, 1.82) is 0 Å². The number of hydrogen-bond donors (Lipinski definition) is 1. The zero-order valence-electron chi connectivity index (χ0n) is 21.2. The van der Waals surface area contributed by atoms with Crippen LogP contribution in [0.4, 0.5) is 10.7 Å². The molecule has 6 rings (SSSR count). The number of amidine groups is 1. The molecule has 13 nitrogen and oxygen atoms in total. The normalized spacial score (nSPS) is 27.5. The Morgan fingerprint density at radius 2 is 1.65 bits per heavy atom. The maximum atomic E-state index is 13.2. The summed E-state index contributed by atoms with van der Waals surface area (Å²) in [5, 5.41) is 8.50. The van der Waals surface area contributed by atoms with Gasteiger partial charge in [-0.15, -0.1) is 5.11 Å². The van der Waals surface area contributed by atoms with Gasteiger partial charge >= 0.3 is 6.03 Å². The van der Waals surface area contributed by atoms with Gasteiger partial charge in [-0.3, -0.25) is 4.90 Å². The number of likely N-dealkylation sites (N-methyl/N-ethyl adjacent to an activating group) is 1. The van der Waals surface area contributed by atoms with Crippen molar-refractivity contribution in [2.24, 2.45) is 26.1 Å². The van der Waals surface area contributed by atoms with E-state index in [-0.39, 0.29) is 17.9 Å². The van der Waals surface area contributed by atoms with Crippen LogP contribution < -0.4 is 5.73 Å². The van der Waals surface area contributed by atoms with E-state index in [0.717, 1.165) is 55.9 Å². The van der Waals surface area contributed by atoms with Crippen molar-refractivity contribution in [2.45, 2.75) is 18.6 Å². The molecule has 13 heteroatoms. The van der Waals surface area contributed by atoms with E-state index in [1.165, 1.54) is 0 Å². The Morgan fingerprint density at radius 1 is 0.973 bits per heavy atom. The second kappa shape index (κ2) is 9.88. The molecule has 1 unspecified atom stereocenters. The SMILES string of the molecule is CN1CCN(C(=O)N2CCC(C3(N4CCOCC4)N=C4N=NC=C4C(c4cnc(N)nc4)=N3)CC2)CC1. The number of likely N-dealkylation sites (tertiary alicyclic amines) is 1. The number of nitrogen functional groups attached to an aromatic ring is 1. The van der Waals surface area contributed by atoms with Gasteiger partial charge < -0.3 is 25.2 Å². The summed E-state index contributed by atoms with van der Waals surface area (Å²) >= 11 is 0. The number of piperazine rings is 1. The van der Waals surface area contributed by atoms with E-state index in [9.17, 15) is 4.79 Å². The van der Waals surface area contributed by atoms with Crippen LogP contribution in [0.1, 0.15) is 18.4 Å². The first kappa shape index (κ1) is 24.1. The van der Waals surface area contributed by atoms with E-state index in [0.29, 0.717) is 45.2 Å². The van der Waals surface area contributed by atoms with Gasteiger partial charge in [0.15, 0.2) is 5.84 Å². The van der Waals surface area contributed by atoms with Gasteiger partial charge in [-0.05, 0) is 19.9 Å². The van der Waals surface area contributed by atoms with Gasteiger partial charge in [0, 0.05) is 76.2 Å². The van der Waals surface area contributed by atoms with Crippen LogP contribution in [0.3, 0.4) is 0 Å². The molecular weight excluding hydrogens is 474 g/mol. The third-order valence-electron chi connectivity index (χ3n) is 7.89. The van der Waals surface area contributed by atoms with Crippen molar-refractivity contribution >= 4 is 23.5 Å². The standard InChI is InChI=1S/C24H33N11O2/c1-32-6-8-34(9-7-32)23(36)33-4-2-18(3-5-33)24(35-10-12-37-13-11-35)29-20(17-14-26-22(25)27-15-17)19-16-28-31-21(19)30-24/h14-16,18H,2-13H2,1H3,(H2,25,26,27). The number of anilines is 1. The molecule has 1 aromatic heterocycles. The molecule has 3 saturated heterocycles. The van der Waals surface area contributed by atoms with Gasteiger partial charge in [0.25, 0.3) is 0 Å². The number of carbonyl (C=O) groups excluding carboxylic acids is 1. The van der Waals surface area contributed by atoms with Crippen molar-refractivity contribution in [3.63, 3.8) is 0 Å². The minimum atomic E-state index is -0.862. The van der Waals surface area contributed by atoms with Crippen LogP contribution in [0, 0.1) is 5.92 Å². The van der Waals surface area contributed by atoms with Crippen LogP contribution in [-0.4, -0.2) is 126 Å². The number of nitrogens with zero attached hydrogens (tertiary/aromatic N) is 10. The molecule has 5 aliphatic rings. The lowest BCUT2D eigenvalue weighted by Crippen LogP contribution is -2.60. The fourth-order valence-corrected chi connectivity index (χ4v) is 5.72. The molecule has 1 aromatic rings. The molecule has 0 radical (unpaired) electrons. The summed E-state index contributed by atoms with van der Waals surface area (Å²) in [4.78, 5) is 40.7. The van der Waals surface area contributed by atoms with Gasteiger partial charge in [-0.1, -0.05) is 0 Å². The third kappa shape index (κ3) is 4.51. The van der Waals surface area contributed by atoms with Gasteiger partial charge in [-0.2, -0.15) is 5.11 Å². The average Bonchev–Trinajstić information content (AvgIpc) is 3.42. The Bertz CT molecular complexity index is 1140. The Labute approximate surface area is 215 Å². The molecule has 0 spiro atoms. The molecule has 0 saturated carbocycles. The molecule has 6 heterocycles. The summed E-state index contributed by atoms with van der Waals surface area (Å²) < 4.78 is 5.67. The largest absolute Gasteiger partial charge is 0.379 e. The lowest BCUT2D eigenvalue weighted by Gasteiger charge is -2.49. The van der Waals surface area contributed by atoms with E-state index < -0.39 is 5.79 Å². The topological polar surface area (TPSA) is 140 Å². The molecular formula is C24H33N11O2. The lowest BCUT2D eigenvalue weighted by molar-refractivity contribution is -0.0509. The maximum Gasteiger partial charge on any atom is 0.320 e. The average molecular weight is 508 g/mol. The summed E-state index contributed by atoms with van der Waals surface area (Å²) in [6, 6.07) is 0.139. The van der Waals surface area contributed by atoms with Gasteiger partial charge in [-0.25, -0.2) is 24.7 Å². The Hall–Kier alpha value is -3.29. The maximum absolute atomic E-state index is 13.2. The number of ether oxygens (including phenoxy) is 1. The number of azo groups is 1. The zero-order chi connectivity index (χ0) is 25.4. The third-order valence-corrected chi connectivity index (χ3v) is 7.89. The molecule has 1 atom stereocenters. The predicted molar refractivity (Wildman–Crippen MR) is 137 cm³/mol. The van der Waals surface area contributed by atoms with E-state index in [1.807, 2.05) is 9.80 Å². The number of aliphatic imine (C=N–C) groups is 2. The van der Waals surface area contributed by atoms with Crippen LogP contribution in [0.5, 0.6) is 0 Å². The molecule has 37 heavy (non-hydrogen) atoms. The molecule has 2 N–H and O–H groups in total. The minimum Gasteiger partial charge on any atom is -0.379 e. The summed E-state index contributed by atoms with van der Waals surface area (Å²) in [7, 11) is 2.10. The Morgan fingerprint density at radius 3 is 2.35 bits per heavy atom. The van der Waals surface area contributed by atoms with Gasteiger partial charge in [0.2, 0.25) is 11.7 Å². The zero-order valence-corrected chi connectivity index (χ0v) is 21.2. The highest BCUT2D eigenvalue weighted by Gasteiger charge is 2.49. The Balaban J connectivity index is 1.30. The molecule has 3 fully saturated rings. The number of carbonyl (C=O) groups is 1. The van der Waals surface area contributed by atoms with Crippen LogP contribution in [0.25, 0.3) is 0 Å². The van der Waals surface area contributed by atoms with E-state index in [4.69, 9.17) is 20.5 Å². The predicted octanol–water partition coefficient (Wildman–Crippen LogP) is 0.675.